The molecule has 0 aliphatic carbocycles. The molecule has 1 heterocycles. The largest absolute Gasteiger partial charge is 0.494 e. The Hall–Kier alpha value is -3.06. The van der Waals surface area contributed by atoms with Crippen molar-refractivity contribution in [1.82, 2.24) is 5.32 Å². The molecular weight excluding hydrogens is 420 g/mol. The summed E-state index contributed by atoms with van der Waals surface area (Å²) in [5.74, 6) is 0.559. The smallest absolute Gasteiger partial charge is 0.251 e. The maximum absolute atomic E-state index is 13.1. The highest BCUT2D eigenvalue weighted by molar-refractivity contribution is 6.01. The summed E-state index contributed by atoms with van der Waals surface area (Å²) in [6.07, 6.45) is 3.26. The minimum atomic E-state index is -0.709. The Bertz CT molecular complexity index is 907. The predicted molar refractivity (Wildman–Crippen MR) is 128 cm³/mol. The van der Waals surface area contributed by atoms with E-state index in [2.05, 4.69) is 10.6 Å². The Morgan fingerprint density at radius 1 is 1.06 bits per heavy atom. The van der Waals surface area contributed by atoms with E-state index < -0.39 is 6.04 Å². The summed E-state index contributed by atoms with van der Waals surface area (Å²) in [4.78, 5) is 25.9. The first-order valence-corrected chi connectivity index (χ1v) is 11.7. The summed E-state index contributed by atoms with van der Waals surface area (Å²) in [6, 6.07) is 13.5. The van der Waals surface area contributed by atoms with Crippen molar-refractivity contribution < 1.29 is 23.8 Å². The fourth-order valence-electron chi connectivity index (χ4n) is 3.66. The molecule has 7 nitrogen and oxygen atoms in total. The Labute approximate surface area is 195 Å². The third kappa shape index (κ3) is 7.22. The van der Waals surface area contributed by atoms with Crippen molar-refractivity contribution in [2.45, 2.75) is 52.2 Å². The van der Waals surface area contributed by atoms with Gasteiger partial charge in [-0.15, -0.1) is 0 Å². The number of amides is 2. The molecule has 3 rings (SSSR count). The number of nitrogens with one attached hydrogen (secondary N) is 2. The van der Waals surface area contributed by atoms with Crippen LogP contribution in [0.2, 0.25) is 0 Å². The van der Waals surface area contributed by atoms with Crippen molar-refractivity contribution in [2.75, 3.05) is 25.1 Å². The van der Waals surface area contributed by atoms with E-state index >= 15 is 0 Å². The molecule has 1 saturated heterocycles. The molecule has 1 aliphatic heterocycles. The number of anilines is 1. The SMILES string of the molecule is CCOc1ccc(C(=O)NC(C(=O)Nc2ccccc2OCC2CCCCO2)C(C)C)cc1. The van der Waals surface area contributed by atoms with E-state index in [0.717, 1.165) is 25.9 Å². The lowest BCUT2D eigenvalue weighted by molar-refractivity contribution is -0.118. The van der Waals surface area contributed by atoms with Gasteiger partial charge in [0.2, 0.25) is 5.91 Å². The second-order valence-corrected chi connectivity index (χ2v) is 8.44. The first-order chi connectivity index (χ1) is 16.0. The van der Waals surface area contributed by atoms with Crippen molar-refractivity contribution in [2.24, 2.45) is 5.92 Å². The van der Waals surface area contributed by atoms with E-state index in [0.29, 0.717) is 36.0 Å². The minimum absolute atomic E-state index is 0.0688. The first-order valence-electron chi connectivity index (χ1n) is 11.7. The van der Waals surface area contributed by atoms with Crippen LogP contribution in [0.15, 0.2) is 48.5 Å². The predicted octanol–water partition coefficient (Wildman–Crippen LogP) is 4.43. The lowest BCUT2D eigenvalue weighted by Gasteiger charge is -2.24. The van der Waals surface area contributed by atoms with Crippen LogP contribution < -0.4 is 20.1 Å². The summed E-state index contributed by atoms with van der Waals surface area (Å²) in [7, 11) is 0. The van der Waals surface area contributed by atoms with Gasteiger partial charge >= 0.3 is 0 Å². The van der Waals surface area contributed by atoms with Crippen molar-refractivity contribution >= 4 is 17.5 Å². The van der Waals surface area contributed by atoms with Crippen LogP contribution in [0.25, 0.3) is 0 Å². The number of carbonyl (C=O) groups is 2. The molecule has 0 aromatic heterocycles. The summed E-state index contributed by atoms with van der Waals surface area (Å²) in [6.45, 7) is 7.45. The summed E-state index contributed by atoms with van der Waals surface area (Å²) in [5.41, 5.74) is 1.03. The van der Waals surface area contributed by atoms with Gasteiger partial charge in [-0.05, 0) is 68.5 Å². The molecule has 2 amide bonds. The second-order valence-electron chi connectivity index (χ2n) is 8.44. The van der Waals surface area contributed by atoms with E-state index in [1.165, 1.54) is 0 Å². The van der Waals surface area contributed by atoms with Crippen LogP contribution in [-0.4, -0.2) is 43.8 Å². The highest BCUT2D eigenvalue weighted by Crippen LogP contribution is 2.25. The zero-order valence-corrected chi connectivity index (χ0v) is 19.6. The third-order valence-corrected chi connectivity index (χ3v) is 5.51. The molecule has 2 N–H and O–H groups in total. The van der Waals surface area contributed by atoms with Crippen LogP contribution in [0, 0.1) is 5.92 Å². The zero-order chi connectivity index (χ0) is 23.6. The number of benzene rings is 2. The number of rotatable bonds is 10. The van der Waals surface area contributed by atoms with E-state index in [9.17, 15) is 9.59 Å². The number of carbonyl (C=O) groups excluding carboxylic acids is 2. The quantitative estimate of drug-likeness (QED) is 0.555. The average Bonchev–Trinajstić information content (AvgIpc) is 2.83. The number of para-hydroxylation sites is 2. The maximum Gasteiger partial charge on any atom is 0.251 e. The average molecular weight is 455 g/mol. The molecule has 0 radical (unpaired) electrons. The fraction of sp³-hybridized carbons (Fsp3) is 0.462. The normalized spacial score (nSPS) is 16.7. The Morgan fingerprint density at radius 2 is 1.82 bits per heavy atom. The Balaban J connectivity index is 1.63. The van der Waals surface area contributed by atoms with E-state index in [1.807, 2.05) is 39.0 Å². The minimum Gasteiger partial charge on any atom is -0.494 e. The van der Waals surface area contributed by atoms with Crippen LogP contribution in [0.5, 0.6) is 11.5 Å². The van der Waals surface area contributed by atoms with Crippen LogP contribution in [0.4, 0.5) is 5.69 Å². The van der Waals surface area contributed by atoms with Crippen molar-refractivity contribution in [3.8, 4) is 11.5 Å². The van der Waals surface area contributed by atoms with Crippen LogP contribution >= 0.6 is 0 Å². The number of hydrogen-bond donors (Lipinski definition) is 2. The standard InChI is InChI=1S/C26H34N2O5/c1-4-31-20-14-12-19(13-15-20)25(29)28-24(18(2)3)26(30)27-22-10-5-6-11-23(22)33-17-21-9-7-8-16-32-21/h5-6,10-15,18,21,24H,4,7-9,16-17H2,1-3H3,(H,27,30)(H,28,29). The van der Waals surface area contributed by atoms with Crippen LogP contribution in [0.1, 0.15) is 50.4 Å². The van der Waals surface area contributed by atoms with Gasteiger partial charge in [-0.3, -0.25) is 9.59 Å². The van der Waals surface area contributed by atoms with Crippen molar-refractivity contribution in [3.05, 3.63) is 54.1 Å². The first kappa shape index (κ1) is 24.6. The lowest BCUT2D eigenvalue weighted by atomic mass is 10.0. The summed E-state index contributed by atoms with van der Waals surface area (Å²) in [5, 5.41) is 5.78. The molecule has 0 saturated carbocycles. The Kier molecular flexibility index (Phi) is 9.13. The van der Waals surface area contributed by atoms with Gasteiger partial charge in [-0.1, -0.05) is 26.0 Å². The molecule has 2 unspecified atom stereocenters. The molecule has 7 heteroatoms. The van der Waals surface area contributed by atoms with E-state index in [4.69, 9.17) is 14.2 Å². The molecule has 0 spiro atoms. The van der Waals surface area contributed by atoms with Gasteiger partial charge in [-0.25, -0.2) is 0 Å². The molecule has 178 valence electrons. The molecule has 1 aliphatic rings. The van der Waals surface area contributed by atoms with Gasteiger partial charge in [0.25, 0.3) is 5.91 Å². The van der Waals surface area contributed by atoms with E-state index in [-0.39, 0.29) is 23.8 Å². The van der Waals surface area contributed by atoms with Crippen LogP contribution in [-0.2, 0) is 9.53 Å². The highest BCUT2D eigenvalue weighted by atomic mass is 16.5. The monoisotopic (exact) mass is 454 g/mol. The third-order valence-electron chi connectivity index (χ3n) is 5.51. The molecule has 0 bridgehead atoms. The van der Waals surface area contributed by atoms with Gasteiger partial charge in [-0.2, -0.15) is 0 Å². The van der Waals surface area contributed by atoms with Gasteiger partial charge in [0.05, 0.1) is 18.4 Å². The lowest BCUT2D eigenvalue weighted by Crippen LogP contribution is -2.47. The van der Waals surface area contributed by atoms with E-state index in [1.54, 1.807) is 30.3 Å². The molecule has 33 heavy (non-hydrogen) atoms. The fourth-order valence-corrected chi connectivity index (χ4v) is 3.66. The maximum atomic E-state index is 13.1. The van der Waals surface area contributed by atoms with Crippen LogP contribution in [0.3, 0.4) is 0 Å². The molecule has 2 aromatic rings. The van der Waals surface area contributed by atoms with Gasteiger partial charge < -0.3 is 24.8 Å². The second kappa shape index (κ2) is 12.3. The zero-order valence-electron chi connectivity index (χ0n) is 19.6. The van der Waals surface area contributed by atoms with Crippen molar-refractivity contribution in [3.63, 3.8) is 0 Å². The number of hydrogen-bond acceptors (Lipinski definition) is 5. The topological polar surface area (TPSA) is 85.9 Å². The summed E-state index contributed by atoms with van der Waals surface area (Å²) >= 11 is 0. The highest BCUT2D eigenvalue weighted by Gasteiger charge is 2.26. The number of ether oxygens (including phenoxy) is 3. The molecule has 2 atom stereocenters. The van der Waals surface area contributed by atoms with Gasteiger partial charge in [0.15, 0.2) is 0 Å². The molecule has 1 fully saturated rings. The van der Waals surface area contributed by atoms with Gasteiger partial charge in [0, 0.05) is 12.2 Å². The van der Waals surface area contributed by atoms with Crippen molar-refractivity contribution in [1.29, 1.82) is 0 Å². The van der Waals surface area contributed by atoms with Gasteiger partial charge in [0.1, 0.15) is 24.1 Å². The Morgan fingerprint density at radius 3 is 2.48 bits per heavy atom. The molecular formula is C26H34N2O5. The molecule has 2 aromatic carbocycles. The summed E-state index contributed by atoms with van der Waals surface area (Å²) < 4.78 is 17.1.